The Bertz CT molecular complexity index is 9570. The Kier molecular flexibility index (Phi) is 21.4. The number of hydrogen-bond donors (Lipinski definition) is 0. The zero-order chi connectivity index (χ0) is 94.6. The summed E-state index contributed by atoms with van der Waals surface area (Å²) in [4.78, 5) is 40.2. The molecule has 143 heavy (non-hydrogen) atoms. The minimum absolute atomic E-state index is 0.645. The Morgan fingerprint density at radius 3 is 0.909 bits per heavy atom. The molecule has 0 amide bonds. The van der Waals surface area contributed by atoms with Crippen LogP contribution in [-0.4, -0.2) is 53.6 Å². The Morgan fingerprint density at radius 2 is 0.434 bits per heavy atom. The van der Waals surface area contributed by atoms with Crippen LogP contribution >= 0.6 is 0 Å². The highest BCUT2D eigenvalue weighted by atomic mass is 15.1. The molecule has 11 nitrogen and oxygen atoms in total. The summed E-state index contributed by atoms with van der Waals surface area (Å²) in [6.45, 7) is 0. The van der Waals surface area contributed by atoms with Crippen molar-refractivity contribution in [2.45, 2.75) is 0 Å². The van der Waals surface area contributed by atoms with Crippen LogP contribution in [0.3, 0.4) is 0 Å². The van der Waals surface area contributed by atoms with E-state index in [2.05, 4.69) is 426 Å². The van der Waals surface area contributed by atoms with Gasteiger partial charge in [0.15, 0.2) is 40.8 Å². The molecule has 28 aromatic rings. The van der Waals surface area contributed by atoms with Crippen LogP contribution in [0.1, 0.15) is 0 Å². The van der Waals surface area contributed by atoms with Gasteiger partial charge in [0.25, 0.3) is 0 Å². The molecule has 22 aromatic carbocycles. The van der Waals surface area contributed by atoms with E-state index < -0.39 is 0 Å². The molecule has 0 radical (unpaired) electrons. The SMILES string of the molecule is c1ccc(-c2ccc(-c3cc(-c4ccc(-c5ccccc5)cc4)nc(-c4ccc(-n5c6ccccc6c6cc7ccccc7cc65)cc4)n3)cc2)cc1.c1ccc(-c2nc(-c3ccc(-n4c5ccccc5c5c6ccccc6ccc54)cc3)nc(-c3ccc4ccccc4c3)n2)cc1.c1ccc(-c2nc(-c3ccccc3)nc(-c3ccc(-n4c5ccccc5c5cc6ccccc6cc54)c4ccccc34)n2)cc1. The first-order valence-electron chi connectivity index (χ1n) is 48.2. The number of aromatic nitrogens is 11. The summed E-state index contributed by atoms with van der Waals surface area (Å²) in [5, 5.41) is 19.5. The van der Waals surface area contributed by atoms with E-state index in [1.165, 1.54) is 125 Å². The van der Waals surface area contributed by atoms with E-state index in [-0.39, 0.29) is 0 Å². The van der Waals surface area contributed by atoms with E-state index in [9.17, 15) is 0 Å². The maximum atomic E-state index is 5.18. The monoisotopic (exact) mass is 1820 g/mol. The zero-order valence-corrected chi connectivity index (χ0v) is 77.5. The number of rotatable bonds is 14. The van der Waals surface area contributed by atoms with Crippen molar-refractivity contribution in [1.29, 1.82) is 0 Å². The molecule has 668 valence electrons. The fourth-order valence-corrected chi connectivity index (χ4v) is 20.5. The fourth-order valence-electron chi connectivity index (χ4n) is 20.5. The molecule has 0 saturated heterocycles. The van der Waals surface area contributed by atoms with E-state index in [1.807, 2.05) is 103 Å². The van der Waals surface area contributed by atoms with Gasteiger partial charge in [-0.1, -0.05) is 394 Å². The van der Waals surface area contributed by atoms with Gasteiger partial charge in [0.2, 0.25) is 0 Å². The summed E-state index contributed by atoms with van der Waals surface area (Å²) in [6.07, 6.45) is 0. The molecule has 0 N–H and O–H groups in total. The summed E-state index contributed by atoms with van der Waals surface area (Å²) in [7, 11) is 0. The first-order chi connectivity index (χ1) is 70.9. The van der Waals surface area contributed by atoms with E-state index in [1.54, 1.807) is 0 Å². The molecule has 0 saturated carbocycles. The second kappa shape index (κ2) is 36.3. The van der Waals surface area contributed by atoms with Crippen LogP contribution in [0.4, 0.5) is 0 Å². The van der Waals surface area contributed by atoms with Crippen molar-refractivity contribution in [3.63, 3.8) is 0 Å². The Morgan fingerprint density at radius 1 is 0.133 bits per heavy atom. The van der Waals surface area contributed by atoms with Gasteiger partial charge in [-0.05, 0) is 192 Å². The van der Waals surface area contributed by atoms with Crippen LogP contribution in [0.15, 0.2) is 516 Å². The highest BCUT2D eigenvalue weighted by Gasteiger charge is 2.24. The van der Waals surface area contributed by atoms with E-state index >= 15 is 0 Å². The Balaban J connectivity index is 0.000000110. The van der Waals surface area contributed by atoms with Gasteiger partial charge in [0, 0.05) is 99.1 Å². The summed E-state index contributed by atoms with van der Waals surface area (Å²) < 4.78 is 7.12. The lowest BCUT2D eigenvalue weighted by molar-refractivity contribution is 1.07. The molecular weight excluding hydrogens is 1740 g/mol. The van der Waals surface area contributed by atoms with Crippen molar-refractivity contribution in [2.24, 2.45) is 0 Å². The van der Waals surface area contributed by atoms with E-state index in [4.69, 9.17) is 39.9 Å². The van der Waals surface area contributed by atoms with Crippen molar-refractivity contribution in [1.82, 2.24) is 53.6 Å². The number of fused-ring (bicyclic) bond motifs is 15. The predicted octanol–water partition coefficient (Wildman–Crippen LogP) is 33.6. The third-order valence-corrected chi connectivity index (χ3v) is 27.5. The first kappa shape index (κ1) is 84.2. The maximum Gasteiger partial charge on any atom is 0.164 e. The van der Waals surface area contributed by atoms with Crippen LogP contribution in [-0.2, 0) is 0 Å². The molecule has 28 rings (SSSR count). The third kappa shape index (κ3) is 15.8. The highest BCUT2D eigenvalue weighted by Crippen LogP contribution is 2.44. The Hall–Kier alpha value is -19.4. The second-order valence-corrected chi connectivity index (χ2v) is 36.1. The third-order valence-electron chi connectivity index (χ3n) is 27.5. The first-order valence-corrected chi connectivity index (χ1v) is 48.2. The fraction of sp³-hybridized carbons (Fsp3) is 0. The smallest absolute Gasteiger partial charge is 0.164 e. The molecule has 0 aliphatic rings. The lowest BCUT2D eigenvalue weighted by atomic mass is 10.0. The average molecular weight is 1830 g/mol. The van der Waals surface area contributed by atoms with Crippen LogP contribution in [0.25, 0.3) is 261 Å². The molecule has 0 aliphatic carbocycles. The van der Waals surface area contributed by atoms with Crippen molar-refractivity contribution in [3.05, 3.63) is 516 Å². The Labute approximate surface area is 824 Å². The molecule has 6 aromatic heterocycles. The summed E-state index contributed by atoms with van der Waals surface area (Å²) in [5.74, 6) is 4.61. The molecular formula is C132H85N11. The molecule has 0 unspecified atom stereocenters. The van der Waals surface area contributed by atoms with Crippen molar-refractivity contribution in [3.8, 4) is 142 Å². The van der Waals surface area contributed by atoms with Gasteiger partial charge in [-0.2, -0.15) is 0 Å². The van der Waals surface area contributed by atoms with Crippen LogP contribution in [0.2, 0.25) is 0 Å². The van der Waals surface area contributed by atoms with E-state index in [0.717, 1.165) is 94.7 Å². The molecule has 0 fully saturated rings. The summed E-state index contributed by atoms with van der Waals surface area (Å²) >= 11 is 0. The van der Waals surface area contributed by atoms with Gasteiger partial charge in [-0.3, -0.25) is 0 Å². The maximum absolute atomic E-state index is 5.18. The summed E-state index contributed by atoms with van der Waals surface area (Å²) in [5.41, 5.74) is 25.7. The van der Waals surface area contributed by atoms with Crippen molar-refractivity contribution in [2.75, 3.05) is 0 Å². The molecule has 0 atom stereocenters. The van der Waals surface area contributed by atoms with Gasteiger partial charge < -0.3 is 13.7 Å². The largest absolute Gasteiger partial charge is 0.309 e. The average Bonchev–Trinajstić information content (AvgIpc) is 1.60. The normalized spacial score (nSPS) is 11.5. The molecule has 0 bridgehead atoms. The second-order valence-electron chi connectivity index (χ2n) is 36.1. The zero-order valence-electron chi connectivity index (χ0n) is 77.5. The van der Waals surface area contributed by atoms with Crippen LogP contribution in [0, 0.1) is 0 Å². The highest BCUT2D eigenvalue weighted by molar-refractivity contribution is 6.22. The van der Waals surface area contributed by atoms with Gasteiger partial charge in [-0.25, -0.2) is 39.9 Å². The molecule has 6 heterocycles. The van der Waals surface area contributed by atoms with Crippen molar-refractivity contribution >= 4 is 119 Å². The van der Waals surface area contributed by atoms with Gasteiger partial charge in [0.05, 0.1) is 50.2 Å². The molecule has 0 aliphatic heterocycles. The molecule has 11 heteroatoms. The number of para-hydroxylation sites is 3. The van der Waals surface area contributed by atoms with Gasteiger partial charge in [0.1, 0.15) is 0 Å². The van der Waals surface area contributed by atoms with Gasteiger partial charge in [-0.15, -0.1) is 0 Å². The quantitative estimate of drug-likeness (QED) is 0.106. The van der Waals surface area contributed by atoms with Crippen molar-refractivity contribution < 1.29 is 0 Å². The standard InChI is InChI=1S/C50H33N3.2C41H26N4/c1-3-11-34(12-4-1)36-19-23-38(24-20-36)46-33-47(39-25-21-37(22-26-39)35-13-5-2-6-14-35)52-50(51-46)40-27-29-43(30-28-40)53-48-18-10-9-17-44(48)45-31-41-15-7-8-16-42(41)32-49(45)53;1-3-13-27(14-4-1)39-42-40(28-15-5-2-6-16-28)44-41(43-39)34-23-24-37(32-20-10-9-19-31(32)34)45-36-22-12-11-21-33(36)35-25-29-17-7-8-18-30(29)26-38(35)45;1-2-12-29(13-3-1)39-42-40(44-41(43-39)32-19-18-27-10-4-5-14-31(27)26-32)30-20-23-33(24-21-30)45-36-17-9-8-16-35(36)38-34-15-7-6-11-28(34)22-25-37(38)45/h1-33H;2*1-26H. The summed E-state index contributed by atoms with van der Waals surface area (Å²) in [6, 6.07) is 181. The molecule has 0 spiro atoms. The van der Waals surface area contributed by atoms with Gasteiger partial charge >= 0.3 is 0 Å². The predicted molar refractivity (Wildman–Crippen MR) is 592 cm³/mol. The number of hydrogen-bond acceptors (Lipinski definition) is 8. The van der Waals surface area contributed by atoms with Crippen LogP contribution < -0.4 is 0 Å². The van der Waals surface area contributed by atoms with E-state index in [0.29, 0.717) is 40.8 Å². The minimum Gasteiger partial charge on any atom is -0.309 e. The minimum atomic E-state index is 0.645. The lowest BCUT2D eigenvalue weighted by Crippen LogP contribution is -2.01. The van der Waals surface area contributed by atoms with Crippen LogP contribution in [0.5, 0.6) is 0 Å². The lowest BCUT2D eigenvalue weighted by Gasteiger charge is -2.15. The topological polar surface area (TPSA) is 118 Å². The number of benzene rings is 22. The number of nitrogens with zero attached hydrogens (tertiary/aromatic N) is 11.